The molecule has 5 nitrogen and oxygen atoms in total. The zero-order chi connectivity index (χ0) is 13.5. The van der Waals surface area contributed by atoms with Crippen molar-refractivity contribution in [3.05, 3.63) is 28.2 Å². The van der Waals surface area contributed by atoms with Crippen LogP contribution in [-0.4, -0.2) is 36.8 Å². The number of anilines is 1. The first kappa shape index (κ1) is 14.9. The molecule has 1 amide bonds. The lowest BCUT2D eigenvalue weighted by molar-refractivity contribution is 0.1000. The van der Waals surface area contributed by atoms with E-state index in [9.17, 15) is 4.79 Å². The third-order valence-corrected chi connectivity index (χ3v) is 2.97. The normalized spacial score (nSPS) is 12.2. The van der Waals surface area contributed by atoms with Gasteiger partial charge in [0.25, 0.3) is 0 Å². The Labute approximate surface area is 115 Å². The molecule has 0 fully saturated rings. The molecule has 1 atom stereocenters. The van der Waals surface area contributed by atoms with Gasteiger partial charge in [-0.1, -0.05) is 0 Å². The van der Waals surface area contributed by atoms with E-state index in [2.05, 4.69) is 26.6 Å². The summed E-state index contributed by atoms with van der Waals surface area (Å²) in [5.74, 6) is -0.444. The lowest BCUT2D eigenvalue weighted by Crippen LogP contribution is -2.29. The van der Waals surface area contributed by atoms with Crippen LogP contribution in [0.5, 0.6) is 0 Å². The molecule has 5 N–H and O–H groups in total. The van der Waals surface area contributed by atoms with Gasteiger partial charge in [-0.05, 0) is 41.1 Å². The van der Waals surface area contributed by atoms with E-state index in [0.717, 1.165) is 23.2 Å². The van der Waals surface area contributed by atoms with Crippen LogP contribution in [0, 0.1) is 0 Å². The molecule has 0 aliphatic rings. The average Bonchev–Trinajstić information content (AvgIpc) is 2.29. The van der Waals surface area contributed by atoms with Gasteiger partial charge >= 0.3 is 0 Å². The number of nitrogens with two attached hydrogens (primary N) is 1. The second-order valence-electron chi connectivity index (χ2n) is 4.04. The number of carbonyl (C=O) groups excluding carboxylic acids is 1. The van der Waals surface area contributed by atoms with Gasteiger partial charge in [-0.2, -0.15) is 0 Å². The van der Waals surface area contributed by atoms with Gasteiger partial charge in [0.15, 0.2) is 0 Å². The Hall–Kier alpha value is -1.11. The van der Waals surface area contributed by atoms with E-state index >= 15 is 0 Å². The van der Waals surface area contributed by atoms with Crippen LogP contribution in [0.25, 0.3) is 0 Å². The fourth-order valence-electron chi connectivity index (χ4n) is 1.41. The van der Waals surface area contributed by atoms with E-state index in [1.807, 2.05) is 0 Å². The first-order valence-corrected chi connectivity index (χ1v) is 6.52. The smallest absolute Gasteiger partial charge is 0.248 e. The number of benzene rings is 1. The third kappa shape index (κ3) is 5.03. The van der Waals surface area contributed by atoms with E-state index in [-0.39, 0.29) is 6.10 Å². The minimum absolute atomic E-state index is 0.341. The van der Waals surface area contributed by atoms with Crippen LogP contribution in [0.3, 0.4) is 0 Å². The minimum Gasteiger partial charge on any atom is -0.392 e. The van der Waals surface area contributed by atoms with E-state index in [1.165, 1.54) is 0 Å². The Morgan fingerprint density at radius 1 is 1.50 bits per heavy atom. The molecule has 1 aromatic carbocycles. The summed E-state index contributed by atoms with van der Waals surface area (Å²) in [5.41, 5.74) is 6.56. The highest BCUT2D eigenvalue weighted by atomic mass is 79.9. The SMILES string of the molecule is CC(O)CNCCNc1ccc(C(N)=O)cc1Br. The van der Waals surface area contributed by atoms with Gasteiger partial charge < -0.3 is 21.5 Å². The maximum absolute atomic E-state index is 11.0. The molecule has 18 heavy (non-hydrogen) atoms. The first-order chi connectivity index (χ1) is 8.50. The Balaban J connectivity index is 2.41. The summed E-state index contributed by atoms with van der Waals surface area (Å²) >= 11 is 3.38. The number of aliphatic hydroxyl groups is 1. The van der Waals surface area contributed by atoms with Crippen molar-refractivity contribution in [2.24, 2.45) is 5.73 Å². The van der Waals surface area contributed by atoms with Crippen LogP contribution in [0.4, 0.5) is 5.69 Å². The summed E-state index contributed by atoms with van der Waals surface area (Å²) in [6, 6.07) is 5.17. The average molecular weight is 316 g/mol. The fraction of sp³-hybridized carbons (Fsp3) is 0.417. The molecule has 0 aromatic heterocycles. The van der Waals surface area contributed by atoms with Gasteiger partial charge in [0, 0.05) is 35.4 Å². The third-order valence-electron chi connectivity index (χ3n) is 2.31. The predicted octanol–water partition coefficient (Wildman–Crippen LogP) is 0.930. The summed E-state index contributed by atoms with van der Waals surface area (Å²) in [6.07, 6.45) is -0.341. The minimum atomic E-state index is -0.444. The molecule has 0 heterocycles. The Morgan fingerprint density at radius 3 is 2.78 bits per heavy atom. The van der Waals surface area contributed by atoms with Crippen molar-refractivity contribution in [2.75, 3.05) is 25.0 Å². The molecule has 0 saturated heterocycles. The summed E-state index contributed by atoms with van der Waals surface area (Å²) in [7, 11) is 0. The molecule has 0 bridgehead atoms. The number of primary amides is 1. The fourth-order valence-corrected chi connectivity index (χ4v) is 1.93. The van der Waals surface area contributed by atoms with E-state index in [4.69, 9.17) is 10.8 Å². The van der Waals surface area contributed by atoms with Gasteiger partial charge in [0.05, 0.1) is 6.10 Å². The Bertz CT molecular complexity index is 410. The molecule has 1 rings (SSSR count). The molecule has 0 radical (unpaired) electrons. The predicted molar refractivity (Wildman–Crippen MR) is 75.7 cm³/mol. The van der Waals surface area contributed by atoms with Gasteiger partial charge in [-0.15, -0.1) is 0 Å². The number of hydrogen-bond donors (Lipinski definition) is 4. The summed E-state index contributed by atoms with van der Waals surface area (Å²) in [4.78, 5) is 11.0. The van der Waals surface area contributed by atoms with Crippen molar-refractivity contribution in [3.63, 3.8) is 0 Å². The second kappa shape index (κ2) is 7.35. The number of aliphatic hydroxyl groups excluding tert-OH is 1. The molecule has 0 aliphatic heterocycles. The van der Waals surface area contributed by atoms with Crippen LogP contribution >= 0.6 is 15.9 Å². The standard InChI is InChI=1S/C12H18BrN3O2/c1-8(17)7-15-4-5-16-11-3-2-9(12(14)18)6-10(11)13/h2-3,6,8,15-17H,4-5,7H2,1H3,(H2,14,18). The van der Waals surface area contributed by atoms with Crippen molar-refractivity contribution >= 4 is 27.5 Å². The molecule has 1 aromatic rings. The quantitative estimate of drug-likeness (QED) is 0.564. The van der Waals surface area contributed by atoms with Crippen molar-refractivity contribution in [3.8, 4) is 0 Å². The van der Waals surface area contributed by atoms with Gasteiger partial charge in [0.1, 0.15) is 0 Å². The molecule has 0 spiro atoms. The second-order valence-corrected chi connectivity index (χ2v) is 4.89. The van der Waals surface area contributed by atoms with Crippen LogP contribution < -0.4 is 16.4 Å². The highest BCUT2D eigenvalue weighted by Crippen LogP contribution is 2.23. The number of nitrogens with one attached hydrogen (secondary N) is 2. The van der Waals surface area contributed by atoms with Crippen molar-refractivity contribution in [1.82, 2.24) is 5.32 Å². The van der Waals surface area contributed by atoms with Crippen molar-refractivity contribution in [1.29, 1.82) is 0 Å². The van der Waals surface area contributed by atoms with E-state index < -0.39 is 5.91 Å². The molecule has 1 unspecified atom stereocenters. The zero-order valence-electron chi connectivity index (χ0n) is 10.2. The monoisotopic (exact) mass is 315 g/mol. The molecule has 100 valence electrons. The topological polar surface area (TPSA) is 87.4 Å². The van der Waals surface area contributed by atoms with Gasteiger partial charge in [-0.25, -0.2) is 0 Å². The highest BCUT2D eigenvalue weighted by Gasteiger charge is 2.04. The Kier molecular flexibility index (Phi) is 6.11. The van der Waals surface area contributed by atoms with Gasteiger partial charge in [0.2, 0.25) is 5.91 Å². The van der Waals surface area contributed by atoms with Crippen LogP contribution in [0.15, 0.2) is 22.7 Å². The number of halogens is 1. The van der Waals surface area contributed by atoms with Crippen LogP contribution in [0.2, 0.25) is 0 Å². The zero-order valence-corrected chi connectivity index (χ0v) is 11.8. The lowest BCUT2D eigenvalue weighted by Gasteiger charge is -2.11. The van der Waals surface area contributed by atoms with Crippen molar-refractivity contribution in [2.45, 2.75) is 13.0 Å². The maximum atomic E-state index is 11.0. The largest absolute Gasteiger partial charge is 0.392 e. The number of amides is 1. The lowest BCUT2D eigenvalue weighted by atomic mass is 10.2. The molecule has 0 saturated carbocycles. The van der Waals surface area contributed by atoms with Gasteiger partial charge in [-0.3, -0.25) is 4.79 Å². The van der Waals surface area contributed by atoms with E-state index in [1.54, 1.807) is 25.1 Å². The summed E-state index contributed by atoms with van der Waals surface area (Å²) < 4.78 is 0.800. The van der Waals surface area contributed by atoms with Crippen molar-refractivity contribution < 1.29 is 9.90 Å². The number of carbonyl (C=O) groups is 1. The number of rotatable bonds is 7. The number of hydrogen-bond acceptors (Lipinski definition) is 4. The maximum Gasteiger partial charge on any atom is 0.248 e. The first-order valence-electron chi connectivity index (χ1n) is 5.72. The molecule has 6 heteroatoms. The molecule has 0 aliphatic carbocycles. The van der Waals surface area contributed by atoms with Crippen LogP contribution in [0.1, 0.15) is 17.3 Å². The Morgan fingerprint density at radius 2 is 2.22 bits per heavy atom. The summed E-state index contributed by atoms with van der Waals surface area (Å²) in [6.45, 7) is 3.78. The van der Waals surface area contributed by atoms with E-state index in [0.29, 0.717) is 12.1 Å². The molecular weight excluding hydrogens is 298 g/mol. The summed E-state index contributed by atoms with van der Waals surface area (Å²) in [5, 5.41) is 15.4. The molecular formula is C12H18BrN3O2. The van der Waals surface area contributed by atoms with Crippen LogP contribution in [-0.2, 0) is 0 Å². The highest BCUT2D eigenvalue weighted by molar-refractivity contribution is 9.10.